The molecule has 0 fully saturated rings. The summed E-state index contributed by atoms with van der Waals surface area (Å²) >= 11 is 1.26. The highest BCUT2D eigenvalue weighted by Crippen LogP contribution is 2.29. The molecule has 0 aliphatic heterocycles. The zero-order valence-electron chi connectivity index (χ0n) is 16.1. The molecule has 1 amide bonds. The van der Waals surface area contributed by atoms with Gasteiger partial charge in [0.15, 0.2) is 0 Å². The number of aryl methyl sites for hydroxylation is 2. The minimum Gasteiger partial charge on any atom is -0.497 e. The number of rotatable bonds is 7. The van der Waals surface area contributed by atoms with Crippen molar-refractivity contribution < 1.29 is 14.3 Å². The van der Waals surface area contributed by atoms with Crippen LogP contribution in [0, 0.1) is 13.8 Å². The van der Waals surface area contributed by atoms with Crippen LogP contribution in [-0.2, 0) is 4.79 Å². The van der Waals surface area contributed by atoms with Crippen LogP contribution in [0.15, 0.2) is 41.6 Å². The monoisotopic (exact) mass is 399 g/mol. The molecule has 28 heavy (non-hydrogen) atoms. The number of benzene rings is 2. The van der Waals surface area contributed by atoms with Crippen molar-refractivity contribution in [1.29, 1.82) is 0 Å². The molecular formula is C19H21N5O3S. The molecular weight excluding hydrogens is 378 g/mol. The Labute approximate surface area is 167 Å². The third kappa shape index (κ3) is 4.61. The van der Waals surface area contributed by atoms with Gasteiger partial charge in [0.05, 0.1) is 31.3 Å². The Morgan fingerprint density at radius 2 is 1.86 bits per heavy atom. The number of hydrogen-bond donors (Lipinski definition) is 1. The van der Waals surface area contributed by atoms with E-state index in [1.807, 2.05) is 26.0 Å². The fraction of sp³-hybridized carbons (Fsp3) is 0.263. The molecule has 146 valence electrons. The van der Waals surface area contributed by atoms with Crippen molar-refractivity contribution in [2.45, 2.75) is 19.0 Å². The van der Waals surface area contributed by atoms with E-state index in [1.165, 1.54) is 18.9 Å². The van der Waals surface area contributed by atoms with Gasteiger partial charge in [0.25, 0.3) is 0 Å². The molecule has 0 bridgehead atoms. The highest BCUT2D eigenvalue weighted by Gasteiger charge is 2.14. The summed E-state index contributed by atoms with van der Waals surface area (Å²) in [5, 5.41) is 15.2. The molecule has 0 radical (unpaired) electrons. The second-order valence-electron chi connectivity index (χ2n) is 6.12. The highest BCUT2D eigenvalue weighted by molar-refractivity contribution is 7.99. The number of carbonyl (C=O) groups excluding carboxylic acids is 1. The number of hydrogen-bond acceptors (Lipinski definition) is 7. The van der Waals surface area contributed by atoms with E-state index in [0.717, 1.165) is 16.8 Å². The molecule has 0 saturated carbocycles. The predicted molar refractivity (Wildman–Crippen MR) is 108 cm³/mol. The number of thioether (sulfide) groups is 1. The van der Waals surface area contributed by atoms with Gasteiger partial charge in [-0.05, 0) is 59.7 Å². The standard InChI is InChI=1S/C19H21N5O3S/c1-12-7-13(2)9-14(8-12)24-19(21-22-23-24)28-11-18(25)20-16-6-5-15(26-3)10-17(16)27-4/h5-10H,11H2,1-4H3,(H,20,25). The molecule has 3 rings (SSSR count). The average Bonchev–Trinajstić information content (AvgIpc) is 3.14. The summed E-state index contributed by atoms with van der Waals surface area (Å²) in [5.74, 6) is 1.14. The minimum atomic E-state index is -0.191. The number of aromatic nitrogens is 4. The van der Waals surface area contributed by atoms with Gasteiger partial charge in [0, 0.05) is 6.07 Å². The highest BCUT2D eigenvalue weighted by atomic mass is 32.2. The van der Waals surface area contributed by atoms with Gasteiger partial charge in [-0.2, -0.15) is 4.68 Å². The van der Waals surface area contributed by atoms with Gasteiger partial charge < -0.3 is 14.8 Å². The van der Waals surface area contributed by atoms with E-state index in [9.17, 15) is 4.79 Å². The Morgan fingerprint density at radius 3 is 2.54 bits per heavy atom. The Kier molecular flexibility index (Phi) is 6.15. The predicted octanol–water partition coefficient (Wildman–Crippen LogP) is 3.03. The molecule has 0 saturated heterocycles. The van der Waals surface area contributed by atoms with E-state index in [0.29, 0.717) is 22.3 Å². The van der Waals surface area contributed by atoms with Gasteiger partial charge >= 0.3 is 0 Å². The summed E-state index contributed by atoms with van der Waals surface area (Å²) in [6.45, 7) is 4.03. The number of nitrogens with one attached hydrogen (secondary N) is 1. The molecule has 8 nitrogen and oxygen atoms in total. The SMILES string of the molecule is COc1ccc(NC(=O)CSc2nnnn2-c2cc(C)cc(C)c2)c(OC)c1. The fourth-order valence-electron chi connectivity index (χ4n) is 2.72. The van der Waals surface area contributed by atoms with Crippen LogP contribution in [0.3, 0.4) is 0 Å². The van der Waals surface area contributed by atoms with E-state index >= 15 is 0 Å². The molecule has 0 unspecified atom stereocenters. The summed E-state index contributed by atoms with van der Waals surface area (Å²) < 4.78 is 12.1. The molecule has 0 atom stereocenters. The number of ether oxygens (including phenoxy) is 2. The van der Waals surface area contributed by atoms with Gasteiger partial charge in [-0.25, -0.2) is 0 Å². The lowest BCUT2D eigenvalue weighted by molar-refractivity contribution is -0.113. The topological polar surface area (TPSA) is 91.2 Å². The lowest BCUT2D eigenvalue weighted by Gasteiger charge is -2.11. The number of methoxy groups -OCH3 is 2. The lowest BCUT2D eigenvalue weighted by atomic mass is 10.1. The van der Waals surface area contributed by atoms with Gasteiger partial charge in [-0.3, -0.25) is 4.79 Å². The van der Waals surface area contributed by atoms with Crippen LogP contribution in [0.25, 0.3) is 5.69 Å². The first-order valence-electron chi connectivity index (χ1n) is 8.52. The Balaban J connectivity index is 1.69. The van der Waals surface area contributed by atoms with Crippen LogP contribution < -0.4 is 14.8 Å². The number of amides is 1. The van der Waals surface area contributed by atoms with Gasteiger partial charge in [0.2, 0.25) is 11.1 Å². The van der Waals surface area contributed by atoms with E-state index in [1.54, 1.807) is 30.0 Å². The largest absolute Gasteiger partial charge is 0.497 e. The number of nitrogens with zero attached hydrogens (tertiary/aromatic N) is 4. The van der Waals surface area contributed by atoms with Crippen molar-refractivity contribution in [3.8, 4) is 17.2 Å². The van der Waals surface area contributed by atoms with Crippen molar-refractivity contribution >= 4 is 23.4 Å². The minimum absolute atomic E-state index is 0.153. The molecule has 0 aliphatic rings. The first kappa shape index (κ1) is 19.7. The quantitative estimate of drug-likeness (QED) is 0.611. The Hall–Kier alpha value is -3.07. The van der Waals surface area contributed by atoms with Crippen molar-refractivity contribution in [3.05, 3.63) is 47.5 Å². The van der Waals surface area contributed by atoms with Crippen molar-refractivity contribution in [3.63, 3.8) is 0 Å². The normalized spacial score (nSPS) is 10.6. The average molecular weight is 399 g/mol. The van der Waals surface area contributed by atoms with Crippen LogP contribution in [-0.4, -0.2) is 46.1 Å². The summed E-state index contributed by atoms with van der Waals surface area (Å²) in [5.41, 5.74) is 3.67. The van der Waals surface area contributed by atoms with Crippen LogP contribution in [0.5, 0.6) is 11.5 Å². The first-order chi connectivity index (χ1) is 13.5. The van der Waals surface area contributed by atoms with Gasteiger partial charge in [-0.1, -0.05) is 17.8 Å². The van der Waals surface area contributed by atoms with Crippen molar-refractivity contribution in [2.24, 2.45) is 0 Å². The van der Waals surface area contributed by atoms with E-state index in [-0.39, 0.29) is 11.7 Å². The van der Waals surface area contributed by atoms with Crippen LogP contribution >= 0.6 is 11.8 Å². The molecule has 1 aromatic heterocycles. The lowest BCUT2D eigenvalue weighted by Crippen LogP contribution is -2.15. The number of tetrazole rings is 1. The third-order valence-electron chi connectivity index (χ3n) is 3.91. The molecule has 1 N–H and O–H groups in total. The summed E-state index contributed by atoms with van der Waals surface area (Å²) in [4.78, 5) is 12.4. The molecule has 0 spiro atoms. The van der Waals surface area contributed by atoms with Crippen LogP contribution in [0.1, 0.15) is 11.1 Å². The maximum Gasteiger partial charge on any atom is 0.234 e. The van der Waals surface area contributed by atoms with Crippen molar-refractivity contribution in [1.82, 2.24) is 20.2 Å². The van der Waals surface area contributed by atoms with E-state index in [4.69, 9.17) is 9.47 Å². The van der Waals surface area contributed by atoms with Gasteiger partial charge in [0.1, 0.15) is 11.5 Å². The summed E-state index contributed by atoms with van der Waals surface area (Å²) in [6, 6.07) is 11.3. The maximum absolute atomic E-state index is 12.4. The summed E-state index contributed by atoms with van der Waals surface area (Å²) in [7, 11) is 3.11. The smallest absolute Gasteiger partial charge is 0.234 e. The van der Waals surface area contributed by atoms with E-state index in [2.05, 4.69) is 26.9 Å². The molecule has 0 aliphatic carbocycles. The molecule has 3 aromatic rings. The van der Waals surface area contributed by atoms with Gasteiger partial charge in [-0.15, -0.1) is 5.10 Å². The zero-order valence-corrected chi connectivity index (χ0v) is 16.9. The van der Waals surface area contributed by atoms with Crippen LogP contribution in [0.2, 0.25) is 0 Å². The number of anilines is 1. The molecule has 1 heterocycles. The summed E-state index contributed by atoms with van der Waals surface area (Å²) in [6.07, 6.45) is 0. The fourth-order valence-corrected chi connectivity index (χ4v) is 3.41. The Bertz CT molecular complexity index is 969. The zero-order chi connectivity index (χ0) is 20.1. The number of carbonyl (C=O) groups is 1. The van der Waals surface area contributed by atoms with Crippen LogP contribution in [0.4, 0.5) is 5.69 Å². The molecule has 2 aromatic carbocycles. The van der Waals surface area contributed by atoms with Crippen molar-refractivity contribution in [2.75, 3.05) is 25.3 Å². The maximum atomic E-state index is 12.4. The Morgan fingerprint density at radius 1 is 1.11 bits per heavy atom. The van der Waals surface area contributed by atoms with E-state index < -0.39 is 0 Å². The first-order valence-corrected chi connectivity index (χ1v) is 9.50. The third-order valence-corrected chi connectivity index (χ3v) is 4.83. The second kappa shape index (κ2) is 8.75. The second-order valence-corrected chi connectivity index (χ2v) is 7.06. The molecule has 9 heteroatoms.